The molecule has 1 amide bonds. The summed E-state index contributed by atoms with van der Waals surface area (Å²) in [5.41, 5.74) is 6.28. The van der Waals surface area contributed by atoms with E-state index in [0.29, 0.717) is 17.3 Å². The summed E-state index contributed by atoms with van der Waals surface area (Å²) < 4.78 is 1.61. The van der Waals surface area contributed by atoms with Crippen molar-refractivity contribution >= 4 is 28.9 Å². The van der Waals surface area contributed by atoms with Crippen molar-refractivity contribution in [2.24, 2.45) is 30.5 Å². The van der Waals surface area contributed by atoms with Crippen LogP contribution < -0.4 is 11.1 Å². The van der Waals surface area contributed by atoms with Crippen molar-refractivity contribution in [3.8, 4) is 0 Å². The Bertz CT molecular complexity index is 539. The van der Waals surface area contributed by atoms with Crippen LogP contribution >= 0.6 is 12.2 Å². The summed E-state index contributed by atoms with van der Waals surface area (Å²) in [5, 5.41) is 7.06. The van der Waals surface area contributed by atoms with Crippen molar-refractivity contribution in [3.63, 3.8) is 0 Å². The van der Waals surface area contributed by atoms with Gasteiger partial charge in [-0.25, -0.2) is 0 Å². The van der Waals surface area contributed by atoms with Gasteiger partial charge in [0, 0.05) is 13.0 Å². The lowest BCUT2D eigenvalue weighted by molar-refractivity contribution is -0.121. The molecule has 0 saturated heterocycles. The van der Waals surface area contributed by atoms with Crippen LogP contribution in [-0.4, -0.2) is 20.7 Å². The van der Waals surface area contributed by atoms with E-state index in [4.69, 9.17) is 18.0 Å². The number of nitrogens with one attached hydrogen (secondary N) is 1. The molecule has 19 heavy (non-hydrogen) atoms. The minimum Gasteiger partial charge on any atom is -0.389 e. The lowest BCUT2D eigenvalue weighted by atomic mass is 9.88. The normalized spacial score (nSPS) is 28.6. The predicted octanol–water partition coefficient (Wildman–Crippen LogP) is 1.43. The molecule has 2 aliphatic rings. The molecular formula is C13H18N4OS. The average Bonchev–Trinajstić information content (AvgIpc) is 3.05. The van der Waals surface area contributed by atoms with Gasteiger partial charge in [-0.1, -0.05) is 18.6 Å². The molecule has 5 nitrogen and oxygen atoms in total. The van der Waals surface area contributed by atoms with Gasteiger partial charge in [0.25, 0.3) is 0 Å². The standard InChI is InChI=1S/C13H18N4OS/c1-17-12(10(6-15-17)11(14)19)16-13(18)9-5-7-2-3-8(9)4-7/h6-9H,2-5H2,1H3,(H2,14,19)(H,16,18). The van der Waals surface area contributed by atoms with Gasteiger partial charge in [-0.2, -0.15) is 5.10 Å². The molecule has 2 aliphatic carbocycles. The van der Waals surface area contributed by atoms with Crippen LogP contribution in [0.4, 0.5) is 5.82 Å². The molecule has 102 valence electrons. The number of nitrogens with zero attached hydrogens (tertiary/aromatic N) is 2. The van der Waals surface area contributed by atoms with E-state index in [2.05, 4.69) is 10.4 Å². The second-order valence-corrected chi connectivity index (χ2v) is 6.11. The molecule has 2 fully saturated rings. The van der Waals surface area contributed by atoms with Crippen molar-refractivity contribution in [2.45, 2.75) is 25.7 Å². The number of aromatic nitrogens is 2. The quantitative estimate of drug-likeness (QED) is 0.820. The van der Waals surface area contributed by atoms with Crippen LogP contribution in [0.3, 0.4) is 0 Å². The molecule has 2 saturated carbocycles. The zero-order valence-electron chi connectivity index (χ0n) is 10.9. The van der Waals surface area contributed by atoms with Gasteiger partial charge in [0.1, 0.15) is 10.8 Å². The Hall–Kier alpha value is -1.43. The zero-order chi connectivity index (χ0) is 13.6. The van der Waals surface area contributed by atoms with Gasteiger partial charge in [0.15, 0.2) is 0 Å². The van der Waals surface area contributed by atoms with Crippen molar-refractivity contribution in [1.82, 2.24) is 9.78 Å². The highest BCUT2D eigenvalue weighted by Crippen LogP contribution is 2.48. The second kappa shape index (κ2) is 4.59. The van der Waals surface area contributed by atoms with Crippen molar-refractivity contribution < 1.29 is 4.79 Å². The number of carbonyl (C=O) groups excluding carboxylic acids is 1. The van der Waals surface area contributed by atoms with Gasteiger partial charge < -0.3 is 11.1 Å². The first-order valence-corrected chi connectivity index (χ1v) is 7.09. The Morgan fingerprint density at radius 3 is 2.89 bits per heavy atom. The molecule has 0 spiro atoms. The topological polar surface area (TPSA) is 72.9 Å². The Morgan fingerprint density at radius 2 is 2.32 bits per heavy atom. The number of amides is 1. The predicted molar refractivity (Wildman–Crippen MR) is 76.7 cm³/mol. The highest BCUT2D eigenvalue weighted by atomic mass is 32.1. The molecule has 1 aromatic rings. The largest absolute Gasteiger partial charge is 0.389 e. The highest BCUT2D eigenvalue weighted by molar-refractivity contribution is 7.80. The monoisotopic (exact) mass is 278 g/mol. The number of hydrogen-bond donors (Lipinski definition) is 2. The fourth-order valence-corrected chi connectivity index (χ4v) is 3.69. The molecular weight excluding hydrogens is 260 g/mol. The van der Waals surface area contributed by atoms with Crippen LogP contribution in [0.5, 0.6) is 0 Å². The lowest BCUT2D eigenvalue weighted by Gasteiger charge is -2.21. The number of nitrogens with two attached hydrogens (primary N) is 1. The minimum absolute atomic E-state index is 0.0910. The molecule has 0 radical (unpaired) electrons. The number of rotatable bonds is 3. The van der Waals surface area contributed by atoms with E-state index in [1.54, 1.807) is 17.9 Å². The number of carbonyl (C=O) groups is 1. The Labute approximate surface area is 117 Å². The summed E-state index contributed by atoms with van der Waals surface area (Å²) in [4.78, 5) is 12.7. The summed E-state index contributed by atoms with van der Waals surface area (Å²) in [7, 11) is 1.78. The van der Waals surface area contributed by atoms with E-state index in [1.165, 1.54) is 19.3 Å². The van der Waals surface area contributed by atoms with Gasteiger partial charge in [0.05, 0.1) is 11.8 Å². The zero-order valence-corrected chi connectivity index (χ0v) is 11.7. The number of aryl methyl sites for hydroxylation is 1. The number of hydrogen-bond acceptors (Lipinski definition) is 3. The van der Waals surface area contributed by atoms with Crippen LogP contribution in [0.1, 0.15) is 31.2 Å². The molecule has 3 unspecified atom stereocenters. The van der Waals surface area contributed by atoms with Crippen LogP contribution in [0, 0.1) is 17.8 Å². The van der Waals surface area contributed by atoms with E-state index in [0.717, 1.165) is 12.3 Å². The summed E-state index contributed by atoms with van der Waals surface area (Å²) in [6.07, 6.45) is 6.32. The van der Waals surface area contributed by atoms with Crippen LogP contribution in [-0.2, 0) is 11.8 Å². The van der Waals surface area contributed by atoms with Crippen LogP contribution in [0.2, 0.25) is 0 Å². The molecule has 0 aromatic carbocycles. The van der Waals surface area contributed by atoms with E-state index in [9.17, 15) is 4.79 Å². The summed E-state index contributed by atoms with van der Waals surface area (Å²) in [6, 6.07) is 0. The van der Waals surface area contributed by atoms with E-state index in [-0.39, 0.29) is 16.8 Å². The maximum absolute atomic E-state index is 12.4. The van der Waals surface area contributed by atoms with E-state index in [1.807, 2.05) is 0 Å². The Morgan fingerprint density at radius 1 is 1.53 bits per heavy atom. The van der Waals surface area contributed by atoms with Gasteiger partial charge in [-0.05, 0) is 31.1 Å². The Balaban J connectivity index is 1.76. The third kappa shape index (κ3) is 2.14. The maximum Gasteiger partial charge on any atom is 0.228 e. The average molecular weight is 278 g/mol. The van der Waals surface area contributed by atoms with E-state index < -0.39 is 0 Å². The summed E-state index contributed by atoms with van der Waals surface area (Å²) >= 11 is 4.98. The second-order valence-electron chi connectivity index (χ2n) is 5.67. The van der Waals surface area contributed by atoms with Crippen molar-refractivity contribution in [1.29, 1.82) is 0 Å². The molecule has 1 heterocycles. The third-order valence-electron chi connectivity index (χ3n) is 4.52. The maximum atomic E-state index is 12.4. The van der Waals surface area contributed by atoms with Crippen molar-refractivity contribution in [3.05, 3.63) is 11.8 Å². The molecule has 3 atom stereocenters. The molecule has 1 aromatic heterocycles. The molecule has 3 N–H and O–H groups in total. The van der Waals surface area contributed by atoms with Crippen LogP contribution in [0.25, 0.3) is 0 Å². The highest BCUT2D eigenvalue weighted by Gasteiger charge is 2.43. The summed E-state index contributed by atoms with van der Waals surface area (Å²) in [6.45, 7) is 0. The first-order chi connectivity index (χ1) is 9.06. The number of anilines is 1. The van der Waals surface area contributed by atoms with Gasteiger partial charge >= 0.3 is 0 Å². The van der Waals surface area contributed by atoms with Crippen LogP contribution in [0.15, 0.2) is 6.20 Å². The smallest absolute Gasteiger partial charge is 0.228 e. The third-order valence-corrected chi connectivity index (χ3v) is 4.74. The first kappa shape index (κ1) is 12.6. The first-order valence-electron chi connectivity index (χ1n) is 6.69. The molecule has 3 rings (SSSR count). The van der Waals surface area contributed by atoms with Gasteiger partial charge in [-0.3, -0.25) is 9.48 Å². The fourth-order valence-electron chi connectivity index (χ4n) is 3.54. The van der Waals surface area contributed by atoms with Gasteiger partial charge in [-0.15, -0.1) is 0 Å². The number of fused-ring (bicyclic) bond motifs is 2. The lowest BCUT2D eigenvalue weighted by Crippen LogP contribution is -2.29. The Kier molecular flexibility index (Phi) is 3.05. The molecule has 2 bridgehead atoms. The molecule has 6 heteroatoms. The minimum atomic E-state index is 0.0910. The SMILES string of the molecule is Cn1ncc(C(N)=S)c1NC(=O)C1CC2CCC1C2. The number of thiocarbonyl (C=S) groups is 1. The van der Waals surface area contributed by atoms with Gasteiger partial charge in [0.2, 0.25) is 5.91 Å². The fraction of sp³-hybridized carbons (Fsp3) is 0.615. The van der Waals surface area contributed by atoms with Crippen molar-refractivity contribution in [2.75, 3.05) is 5.32 Å². The summed E-state index contributed by atoms with van der Waals surface area (Å²) in [5.74, 6) is 2.16. The van der Waals surface area contributed by atoms with E-state index >= 15 is 0 Å². The molecule has 0 aliphatic heterocycles.